The molecule has 0 bridgehead atoms. The summed E-state index contributed by atoms with van der Waals surface area (Å²) in [5, 5.41) is 3.58. The first-order valence-corrected chi connectivity index (χ1v) is 5.87. The number of fused-ring (bicyclic) bond motifs is 1. The van der Waals surface area contributed by atoms with Gasteiger partial charge < -0.3 is 10.1 Å². The van der Waals surface area contributed by atoms with Crippen LogP contribution in [0, 0.1) is 5.92 Å². The Morgan fingerprint density at radius 3 is 3.07 bits per heavy atom. The Kier molecular flexibility index (Phi) is 2.37. The third-order valence-corrected chi connectivity index (χ3v) is 3.58. The van der Waals surface area contributed by atoms with Gasteiger partial charge in [-0.3, -0.25) is 0 Å². The maximum absolute atomic E-state index is 5.81. The van der Waals surface area contributed by atoms with Crippen molar-refractivity contribution in [3.63, 3.8) is 0 Å². The summed E-state index contributed by atoms with van der Waals surface area (Å²) in [5.74, 6) is 1.76. The van der Waals surface area contributed by atoms with Crippen LogP contribution in [0.3, 0.4) is 0 Å². The number of benzene rings is 1. The lowest BCUT2D eigenvalue weighted by Crippen LogP contribution is -2.37. The topological polar surface area (TPSA) is 21.3 Å². The SMILES string of the molecule is c1ccc2c(c1)CC(C1CCCN1)CO2. The van der Waals surface area contributed by atoms with E-state index >= 15 is 0 Å². The minimum absolute atomic E-state index is 0.669. The summed E-state index contributed by atoms with van der Waals surface area (Å²) in [6, 6.07) is 9.10. The van der Waals surface area contributed by atoms with Crippen molar-refractivity contribution in [1.82, 2.24) is 5.32 Å². The van der Waals surface area contributed by atoms with Crippen molar-refractivity contribution in [3.8, 4) is 5.75 Å². The van der Waals surface area contributed by atoms with E-state index in [0.29, 0.717) is 12.0 Å². The maximum Gasteiger partial charge on any atom is 0.122 e. The molecule has 0 saturated carbocycles. The number of nitrogens with one attached hydrogen (secondary N) is 1. The Morgan fingerprint density at radius 2 is 2.20 bits per heavy atom. The zero-order chi connectivity index (χ0) is 10.1. The monoisotopic (exact) mass is 203 g/mol. The van der Waals surface area contributed by atoms with Crippen molar-refractivity contribution in [2.45, 2.75) is 25.3 Å². The average molecular weight is 203 g/mol. The van der Waals surface area contributed by atoms with Crippen molar-refractivity contribution in [2.24, 2.45) is 5.92 Å². The van der Waals surface area contributed by atoms with Crippen LogP contribution in [0.4, 0.5) is 0 Å². The molecule has 0 amide bonds. The molecule has 2 nitrogen and oxygen atoms in total. The third kappa shape index (κ3) is 1.74. The van der Waals surface area contributed by atoms with Crippen LogP contribution in [0.1, 0.15) is 18.4 Å². The van der Waals surface area contributed by atoms with E-state index in [2.05, 4.69) is 23.5 Å². The van der Waals surface area contributed by atoms with E-state index in [4.69, 9.17) is 4.74 Å². The van der Waals surface area contributed by atoms with Crippen molar-refractivity contribution >= 4 is 0 Å². The van der Waals surface area contributed by atoms with Gasteiger partial charge in [-0.25, -0.2) is 0 Å². The number of hydrogen-bond donors (Lipinski definition) is 1. The quantitative estimate of drug-likeness (QED) is 0.753. The molecule has 2 aliphatic rings. The lowest BCUT2D eigenvalue weighted by atomic mass is 9.90. The standard InChI is InChI=1S/C13H17NO/c1-2-6-13-10(4-1)8-11(9-15-13)12-5-3-7-14-12/h1-2,4,6,11-12,14H,3,5,7-9H2. The molecule has 1 aromatic carbocycles. The number of rotatable bonds is 1. The fraction of sp³-hybridized carbons (Fsp3) is 0.538. The molecule has 2 heteroatoms. The molecule has 2 aliphatic heterocycles. The van der Waals surface area contributed by atoms with Crippen LogP contribution in [0.5, 0.6) is 5.75 Å². The second-order valence-electron chi connectivity index (χ2n) is 4.59. The zero-order valence-electron chi connectivity index (χ0n) is 8.91. The van der Waals surface area contributed by atoms with Gasteiger partial charge in [0.25, 0.3) is 0 Å². The molecule has 2 heterocycles. The summed E-state index contributed by atoms with van der Waals surface area (Å²) in [5.41, 5.74) is 1.38. The van der Waals surface area contributed by atoms with Gasteiger partial charge in [-0.1, -0.05) is 18.2 Å². The lowest BCUT2D eigenvalue weighted by molar-refractivity contribution is 0.192. The lowest BCUT2D eigenvalue weighted by Gasteiger charge is -2.29. The highest BCUT2D eigenvalue weighted by molar-refractivity contribution is 5.35. The molecule has 1 saturated heterocycles. The van der Waals surface area contributed by atoms with Crippen molar-refractivity contribution in [2.75, 3.05) is 13.2 Å². The Hall–Kier alpha value is -1.02. The van der Waals surface area contributed by atoms with E-state index in [1.807, 2.05) is 6.07 Å². The Labute approximate surface area is 90.6 Å². The molecule has 0 radical (unpaired) electrons. The van der Waals surface area contributed by atoms with Gasteiger partial charge in [-0.2, -0.15) is 0 Å². The number of hydrogen-bond acceptors (Lipinski definition) is 2. The van der Waals surface area contributed by atoms with Gasteiger partial charge in [0.05, 0.1) is 6.61 Å². The second-order valence-corrected chi connectivity index (χ2v) is 4.59. The van der Waals surface area contributed by atoms with Crippen LogP contribution >= 0.6 is 0 Å². The predicted molar refractivity (Wildman–Crippen MR) is 60.2 cm³/mol. The van der Waals surface area contributed by atoms with E-state index in [-0.39, 0.29) is 0 Å². The fourth-order valence-corrected chi connectivity index (χ4v) is 2.72. The smallest absolute Gasteiger partial charge is 0.122 e. The van der Waals surface area contributed by atoms with E-state index in [1.54, 1.807) is 0 Å². The molecule has 1 fully saturated rings. The molecule has 2 unspecified atom stereocenters. The number of para-hydroxylation sites is 1. The highest BCUT2D eigenvalue weighted by atomic mass is 16.5. The third-order valence-electron chi connectivity index (χ3n) is 3.58. The van der Waals surface area contributed by atoms with Gasteiger partial charge in [0, 0.05) is 12.0 Å². The first-order chi connectivity index (χ1) is 7.43. The van der Waals surface area contributed by atoms with Crippen LogP contribution in [0.2, 0.25) is 0 Å². The molecule has 0 spiro atoms. The first kappa shape index (κ1) is 9.22. The van der Waals surface area contributed by atoms with Gasteiger partial charge in [0.1, 0.15) is 5.75 Å². The molecular weight excluding hydrogens is 186 g/mol. The molecule has 0 aliphatic carbocycles. The average Bonchev–Trinajstić information content (AvgIpc) is 2.82. The summed E-state index contributed by atoms with van der Waals surface area (Å²) in [6.45, 7) is 2.07. The van der Waals surface area contributed by atoms with Crippen LogP contribution in [0.15, 0.2) is 24.3 Å². The predicted octanol–water partition coefficient (Wildman–Crippen LogP) is 1.99. The van der Waals surface area contributed by atoms with Crippen molar-refractivity contribution in [3.05, 3.63) is 29.8 Å². The highest BCUT2D eigenvalue weighted by Crippen LogP contribution is 2.30. The van der Waals surface area contributed by atoms with E-state index < -0.39 is 0 Å². The summed E-state index contributed by atoms with van der Waals surface area (Å²) in [4.78, 5) is 0. The van der Waals surface area contributed by atoms with E-state index in [9.17, 15) is 0 Å². The molecule has 80 valence electrons. The van der Waals surface area contributed by atoms with E-state index in [0.717, 1.165) is 12.4 Å². The Bertz CT molecular complexity index is 344. The Morgan fingerprint density at radius 1 is 1.27 bits per heavy atom. The van der Waals surface area contributed by atoms with Gasteiger partial charge >= 0.3 is 0 Å². The van der Waals surface area contributed by atoms with Crippen LogP contribution in [-0.4, -0.2) is 19.2 Å². The second kappa shape index (κ2) is 3.86. The van der Waals surface area contributed by atoms with Gasteiger partial charge in [-0.05, 0) is 37.4 Å². The minimum Gasteiger partial charge on any atom is -0.493 e. The summed E-state index contributed by atoms with van der Waals surface area (Å²) < 4.78 is 5.81. The van der Waals surface area contributed by atoms with Crippen LogP contribution in [-0.2, 0) is 6.42 Å². The Balaban J connectivity index is 1.76. The first-order valence-electron chi connectivity index (χ1n) is 5.87. The molecule has 0 aromatic heterocycles. The van der Waals surface area contributed by atoms with Gasteiger partial charge in [0.15, 0.2) is 0 Å². The molecule has 2 atom stereocenters. The highest BCUT2D eigenvalue weighted by Gasteiger charge is 2.28. The summed E-state index contributed by atoms with van der Waals surface area (Å²) >= 11 is 0. The van der Waals surface area contributed by atoms with Crippen molar-refractivity contribution < 1.29 is 4.74 Å². The summed E-state index contributed by atoms with van der Waals surface area (Å²) in [7, 11) is 0. The minimum atomic E-state index is 0.669. The largest absolute Gasteiger partial charge is 0.493 e. The normalized spacial score (nSPS) is 29.6. The van der Waals surface area contributed by atoms with E-state index in [1.165, 1.54) is 31.4 Å². The van der Waals surface area contributed by atoms with Crippen LogP contribution < -0.4 is 10.1 Å². The van der Waals surface area contributed by atoms with Gasteiger partial charge in [-0.15, -0.1) is 0 Å². The molecular formula is C13H17NO. The van der Waals surface area contributed by atoms with Crippen molar-refractivity contribution in [1.29, 1.82) is 0 Å². The summed E-state index contributed by atoms with van der Waals surface area (Å²) in [6.07, 6.45) is 3.81. The fourth-order valence-electron chi connectivity index (χ4n) is 2.72. The molecule has 1 N–H and O–H groups in total. The molecule has 1 aromatic rings. The number of ether oxygens (including phenoxy) is 1. The maximum atomic E-state index is 5.81. The molecule has 3 rings (SSSR count). The van der Waals surface area contributed by atoms with Crippen LogP contribution in [0.25, 0.3) is 0 Å². The van der Waals surface area contributed by atoms with Gasteiger partial charge in [0.2, 0.25) is 0 Å². The molecule has 15 heavy (non-hydrogen) atoms. The zero-order valence-corrected chi connectivity index (χ0v) is 8.91.